The van der Waals surface area contributed by atoms with E-state index in [2.05, 4.69) is 149 Å². The summed E-state index contributed by atoms with van der Waals surface area (Å²) >= 11 is 0. The van der Waals surface area contributed by atoms with Crippen LogP contribution in [0, 0.1) is 0 Å². The number of hydrogen-bond donors (Lipinski definition) is 0. The van der Waals surface area contributed by atoms with Crippen molar-refractivity contribution in [2.45, 2.75) is 12.8 Å². The standard InChI is InChI=1S/C44H34N4/c1-3-13-31(14-4-1)32-21-23-33(24-22-32)40-30-41(46-44(45-40)34-15-5-2-6-16-34)35-27-36(47-25-11-12-26-47)29-37(28-35)48-42-19-9-7-17-38(42)39-18-8-10-20-43(39)48/h1-10,13-24,27-30H,11-12,25-26H2. The Balaban J connectivity index is 1.24. The van der Waals surface area contributed by atoms with Crippen LogP contribution in [0.2, 0.25) is 0 Å². The Morgan fingerprint density at radius 2 is 0.896 bits per heavy atom. The van der Waals surface area contributed by atoms with Crippen LogP contribution in [0.3, 0.4) is 0 Å². The zero-order chi connectivity index (χ0) is 31.9. The molecule has 0 aliphatic carbocycles. The Labute approximate surface area is 280 Å². The highest BCUT2D eigenvalue weighted by molar-refractivity contribution is 6.09. The first-order chi connectivity index (χ1) is 23.8. The lowest BCUT2D eigenvalue weighted by atomic mass is 10.0. The fourth-order valence-electron chi connectivity index (χ4n) is 7.15. The molecule has 0 unspecified atom stereocenters. The minimum Gasteiger partial charge on any atom is -0.371 e. The van der Waals surface area contributed by atoms with E-state index in [0.717, 1.165) is 52.7 Å². The summed E-state index contributed by atoms with van der Waals surface area (Å²) in [6.07, 6.45) is 2.42. The molecule has 6 aromatic carbocycles. The van der Waals surface area contributed by atoms with Gasteiger partial charge in [-0.3, -0.25) is 0 Å². The van der Waals surface area contributed by atoms with Crippen LogP contribution in [0.4, 0.5) is 5.69 Å². The van der Waals surface area contributed by atoms with Crippen molar-refractivity contribution in [3.63, 3.8) is 0 Å². The molecule has 1 aliphatic rings. The van der Waals surface area contributed by atoms with Crippen LogP contribution in [-0.4, -0.2) is 27.6 Å². The lowest BCUT2D eigenvalue weighted by Crippen LogP contribution is -2.18. The first-order valence-electron chi connectivity index (χ1n) is 16.8. The second kappa shape index (κ2) is 12.0. The van der Waals surface area contributed by atoms with Crippen LogP contribution >= 0.6 is 0 Å². The Morgan fingerprint density at radius 3 is 1.54 bits per heavy atom. The summed E-state index contributed by atoms with van der Waals surface area (Å²) < 4.78 is 2.41. The van der Waals surface area contributed by atoms with Gasteiger partial charge in [0.1, 0.15) is 0 Å². The molecule has 230 valence electrons. The molecule has 0 saturated carbocycles. The van der Waals surface area contributed by atoms with Gasteiger partial charge in [-0.15, -0.1) is 0 Å². The highest BCUT2D eigenvalue weighted by Crippen LogP contribution is 2.37. The van der Waals surface area contributed by atoms with Gasteiger partial charge in [-0.1, -0.05) is 121 Å². The van der Waals surface area contributed by atoms with Crippen molar-refractivity contribution in [3.05, 3.63) is 158 Å². The van der Waals surface area contributed by atoms with Crippen molar-refractivity contribution in [3.8, 4) is 50.7 Å². The predicted molar refractivity (Wildman–Crippen MR) is 200 cm³/mol. The van der Waals surface area contributed by atoms with Crippen LogP contribution in [0.1, 0.15) is 12.8 Å². The van der Waals surface area contributed by atoms with E-state index in [1.165, 1.54) is 51.5 Å². The third-order valence-electron chi connectivity index (χ3n) is 9.55. The maximum atomic E-state index is 5.24. The molecular formula is C44H34N4. The maximum Gasteiger partial charge on any atom is 0.160 e. The fraction of sp³-hybridized carbons (Fsp3) is 0.0909. The van der Waals surface area contributed by atoms with Crippen molar-refractivity contribution >= 4 is 27.5 Å². The van der Waals surface area contributed by atoms with E-state index in [-0.39, 0.29) is 0 Å². The quantitative estimate of drug-likeness (QED) is 0.186. The van der Waals surface area contributed by atoms with E-state index in [1.54, 1.807) is 0 Å². The number of anilines is 1. The number of rotatable bonds is 6. The zero-order valence-electron chi connectivity index (χ0n) is 26.6. The predicted octanol–water partition coefficient (Wildman–Crippen LogP) is 10.8. The summed E-state index contributed by atoms with van der Waals surface area (Å²) in [7, 11) is 0. The van der Waals surface area contributed by atoms with Crippen molar-refractivity contribution in [1.82, 2.24) is 14.5 Å². The van der Waals surface area contributed by atoms with E-state index in [1.807, 2.05) is 18.2 Å². The molecule has 0 atom stereocenters. The first kappa shape index (κ1) is 28.2. The van der Waals surface area contributed by atoms with Crippen molar-refractivity contribution in [2.24, 2.45) is 0 Å². The van der Waals surface area contributed by atoms with Crippen LogP contribution < -0.4 is 4.90 Å². The largest absolute Gasteiger partial charge is 0.371 e. The molecule has 1 aliphatic heterocycles. The average Bonchev–Trinajstić information content (AvgIpc) is 3.83. The van der Waals surface area contributed by atoms with Gasteiger partial charge in [0.05, 0.1) is 22.4 Å². The molecule has 4 heteroatoms. The van der Waals surface area contributed by atoms with Crippen molar-refractivity contribution in [1.29, 1.82) is 0 Å². The maximum absolute atomic E-state index is 5.24. The van der Waals surface area contributed by atoms with Gasteiger partial charge in [-0.25, -0.2) is 9.97 Å². The summed E-state index contributed by atoms with van der Waals surface area (Å²) in [6, 6.07) is 56.1. The van der Waals surface area contributed by atoms with Crippen LogP contribution in [0.15, 0.2) is 158 Å². The van der Waals surface area contributed by atoms with Crippen LogP contribution in [0.5, 0.6) is 0 Å². The number of fused-ring (bicyclic) bond motifs is 3. The zero-order valence-corrected chi connectivity index (χ0v) is 26.6. The second-order valence-corrected chi connectivity index (χ2v) is 12.6. The molecule has 9 rings (SSSR count). The van der Waals surface area contributed by atoms with Gasteiger partial charge in [0, 0.05) is 51.9 Å². The number of benzene rings is 6. The second-order valence-electron chi connectivity index (χ2n) is 12.6. The number of para-hydroxylation sites is 2. The summed E-state index contributed by atoms with van der Waals surface area (Å²) in [5.74, 6) is 0.722. The first-order valence-corrected chi connectivity index (χ1v) is 16.8. The molecule has 0 N–H and O–H groups in total. The van der Waals surface area contributed by atoms with Crippen LogP contribution in [0.25, 0.3) is 72.5 Å². The Morgan fingerprint density at radius 1 is 0.396 bits per heavy atom. The SMILES string of the molecule is c1ccc(-c2ccc(-c3cc(-c4cc(N5CCCC5)cc(-n5c6ccccc6c6ccccc65)c4)nc(-c4ccccc4)n3)cc2)cc1. The van der Waals surface area contributed by atoms with E-state index < -0.39 is 0 Å². The van der Waals surface area contributed by atoms with E-state index in [4.69, 9.17) is 9.97 Å². The summed E-state index contributed by atoms with van der Waals surface area (Å²) in [6.45, 7) is 2.13. The van der Waals surface area contributed by atoms with Gasteiger partial charge in [0.2, 0.25) is 0 Å². The summed E-state index contributed by atoms with van der Waals surface area (Å²) in [5, 5.41) is 2.52. The number of aromatic nitrogens is 3. The highest BCUT2D eigenvalue weighted by Gasteiger charge is 2.19. The van der Waals surface area contributed by atoms with E-state index >= 15 is 0 Å². The summed E-state index contributed by atoms with van der Waals surface area (Å²) in [4.78, 5) is 12.9. The third kappa shape index (κ3) is 5.12. The monoisotopic (exact) mass is 618 g/mol. The van der Waals surface area contributed by atoms with Gasteiger partial charge in [-0.05, 0) is 60.4 Å². The van der Waals surface area contributed by atoms with Gasteiger partial charge >= 0.3 is 0 Å². The number of hydrogen-bond acceptors (Lipinski definition) is 3. The van der Waals surface area contributed by atoms with Gasteiger partial charge in [-0.2, -0.15) is 0 Å². The molecule has 48 heavy (non-hydrogen) atoms. The smallest absolute Gasteiger partial charge is 0.160 e. The number of nitrogens with zero attached hydrogens (tertiary/aromatic N) is 4. The van der Waals surface area contributed by atoms with E-state index in [0.29, 0.717) is 0 Å². The molecule has 0 spiro atoms. The molecule has 2 aromatic heterocycles. The summed E-state index contributed by atoms with van der Waals surface area (Å²) in [5.41, 5.74) is 12.1. The van der Waals surface area contributed by atoms with E-state index in [9.17, 15) is 0 Å². The minimum absolute atomic E-state index is 0.722. The van der Waals surface area contributed by atoms with Gasteiger partial charge in [0.15, 0.2) is 5.82 Å². The lowest BCUT2D eigenvalue weighted by Gasteiger charge is -2.21. The Bertz CT molecular complexity index is 2330. The fourth-order valence-corrected chi connectivity index (χ4v) is 7.15. The highest BCUT2D eigenvalue weighted by atomic mass is 15.1. The molecular weight excluding hydrogens is 585 g/mol. The Kier molecular flexibility index (Phi) is 7.05. The van der Waals surface area contributed by atoms with Crippen molar-refractivity contribution < 1.29 is 0 Å². The Hall–Kier alpha value is -6.00. The molecule has 4 nitrogen and oxygen atoms in total. The average molecular weight is 619 g/mol. The molecule has 0 bridgehead atoms. The lowest BCUT2D eigenvalue weighted by molar-refractivity contribution is 0.949. The molecule has 1 fully saturated rings. The molecule has 8 aromatic rings. The van der Waals surface area contributed by atoms with Gasteiger partial charge < -0.3 is 9.47 Å². The minimum atomic E-state index is 0.722. The third-order valence-corrected chi connectivity index (χ3v) is 9.55. The normalized spacial score (nSPS) is 13.0. The van der Waals surface area contributed by atoms with Crippen molar-refractivity contribution in [2.75, 3.05) is 18.0 Å². The van der Waals surface area contributed by atoms with Crippen LogP contribution in [-0.2, 0) is 0 Å². The topological polar surface area (TPSA) is 34.0 Å². The van der Waals surface area contributed by atoms with Gasteiger partial charge in [0.25, 0.3) is 0 Å². The molecule has 0 amide bonds. The molecule has 1 saturated heterocycles. The molecule has 3 heterocycles. The molecule has 0 radical (unpaired) electrons.